The van der Waals surface area contributed by atoms with Crippen LogP contribution in [-0.2, 0) is 13.0 Å². The van der Waals surface area contributed by atoms with E-state index in [1.165, 1.54) is 11.3 Å². The lowest BCUT2D eigenvalue weighted by Crippen LogP contribution is -2.26. The Morgan fingerprint density at radius 2 is 2.12 bits per heavy atom. The molecule has 124 valence electrons. The highest BCUT2D eigenvalue weighted by atomic mass is 32.1. The lowest BCUT2D eigenvalue weighted by atomic mass is 10.2. The number of nitrogens with one attached hydrogen (secondary N) is 1. The van der Waals surface area contributed by atoms with E-state index in [2.05, 4.69) is 15.3 Å². The van der Waals surface area contributed by atoms with E-state index in [9.17, 15) is 4.79 Å². The van der Waals surface area contributed by atoms with Crippen LogP contribution < -0.4 is 10.1 Å². The van der Waals surface area contributed by atoms with E-state index < -0.39 is 0 Å². The summed E-state index contributed by atoms with van der Waals surface area (Å²) in [5.74, 6) is 0.420. The molecule has 0 aliphatic carbocycles. The van der Waals surface area contributed by atoms with Gasteiger partial charge in [-0.3, -0.25) is 4.79 Å². The Kier molecular flexibility index (Phi) is 5.55. The van der Waals surface area contributed by atoms with Crippen molar-refractivity contribution in [1.29, 1.82) is 0 Å². The van der Waals surface area contributed by atoms with E-state index in [0.29, 0.717) is 24.5 Å². The molecule has 0 radical (unpaired) electrons. The average Bonchev–Trinajstić information content (AvgIpc) is 3.25. The third-order valence-electron chi connectivity index (χ3n) is 3.32. The largest absolute Gasteiger partial charge is 0.486 e. The number of amides is 1. The Hall–Kier alpha value is -2.25. The Morgan fingerprint density at radius 1 is 1.25 bits per heavy atom. The van der Waals surface area contributed by atoms with E-state index in [4.69, 9.17) is 4.74 Å². The molecule has 0 bridgehead atoms. The first-order valence-electron chi connectivity index (χ1n) is 7.50. The maximum Gasteiger partial charge on any atom is 0.255 e. The summed E-state index contributed by atoms with van der Waals surface area (Å²) in [6.45, 7) is 2.87. The van der Waals surface area contributed by atoms with Crippen LogP contribution in [0.2, 0.25) is 0 Å². The average molecular weight is 359 g/mol. The molecule has 3 aromatic rings. The molecule has 0 aliphatic rings. The van der Waals surface area contributed by atoms with Gasteiger partial charge in [-0.2, -0.15) is 0 Å². The molecule has 24 heavy (non-hydrogen) atoms. The molecular formula is C17H17N3O2S2. The zero-order valence-electron chi connectivity index (χ0n) is 13.2. The Labute approximate surface area is 148 Å². The Bertz CT molecular complexity index is 800. The smallest absolute Gasteiger partial charge is 0.255 e. The van der Waals surface area contributed by atoms with Gasteiger partial charge in [0.05, 0.1) is 27.5 Å². The van der Waals surface area contributed by atoms with Gasteiger partial charge in [-0.05, 0) is 19.1 Å². The van der Waals surface area contributed by atoms with Crippen LogP contribution in [0.25, 0.3) is 0 Å². The fourth-order valence-corrected chi connectivity index (χ4v) is 3.35. The summed E-state index contributed by atoms with van der Waals surface area (Å²) in [6.07, 6.45) is 0.720. The second-order valence-electron chi connectivity index (χ2n) is 5.13. The lowest BCUT2D eigenvalue weighted by molar-refractivity contribution is 0.0949. The van der Waals surface area contributed by atoms with Gasteiger partial charge >= 0.3 is 0 Å². The third kappa shape index (κ3) is 4.39. The summed E-state index contributed by atoms with van der Waals surface area (Å²) in [5, 5.41) is 7.91. The van der Waals surface area contributed by atoms with Crippen molar-refractivity contribution in [2.75, 3.05) is 6.54 Å². The van der Waals surface area contributed by atoms with E-state index in [0.717, 1.165) is 22.8 Å². The summed E-state index contributed by atoms with van der Waals surface area (Å²) in [7, 11) is 0. The molecule has 2 heterocycles. The SMILES string of the molecule is Cc1nc(CCNC(=O)c2ccccc2OCc2cscn2)cs1. The lowest BCUT2D eigenvalue weighted by Gasteiger charge is -2.10. The number of benzene rings is 1. The van der Waals surface area contributed by atoms with Crippen molar-refractivity contribution in [3.63, 3.8) is 0 Å². The highest BCUT2D eigenvalue weighted by Crippen LogP contribution is 2.19. The molecule has 0 aliphatic heterocycles. The second kappa shape index (κ2) is 8.03. The van der Waals surface area contributed by atoms with Gasteiger partial charge in [-0.15, -0.1) is 22.7 Å². The molecule has 0 saturated carbocycles. The molecule has 7 heteroatoms. The number of rotatable bonds is 7. The van der Waals surface area contributed by atoms with Crippen molar-refractivity contribution < 1.29 is 9.53 Å². The fraction of sp³-hybridized carbons (Fsp3) is 0.235. The van der Waals surface area contributed by atoms with Gasteiger partial charge in [0.15, 0.2) is 0 Å². The van der Waals surface area contributed by atoms with Crippen molar-refractivity contribution in [2.24, 2.45) is 0 Å². The van der Waals surface area contributed by atoms with Gasteiger partial charge in [0, 0.05) is 23.7 Å². The minimum absolute atomic E-state index is 0.143. The molecule has 0 saturated heterocycles. The van der Waals surface area contributed by atoms with Crippen LogP contribution in [-0.4, -0.2) is 22.4 Å². The normalized spacial score (nSPS) is 10.5. The number of aromatic nitrogens is 2. The molecule has 1 aromatic carbocycles. The first-order chi connectivity index (χ1) is 11.7. The van der Waals surface area contributed by atoms with Crippen LogP contribution >= 0.6 is 22.7 Å². The highest BCUT2D eigenvalue weighted by Gasteiger charge is 2.12. The molecular weight excluding hydrogens is 342 g/mol. The number of hydrogen-bond donors (Lipinski definition) is 1. The molecule has 0 atom stereocenters. The van der Waals surface area contributed by atoms with Crippen LogP contribution in [0.5, 0.6) is 5.75 Å². The van der Waals surface area contributed by atoms with Crippen molar-refractivity contribution in [3.05, 3.63) is 62.5 Å². The highest BCUT2D eigenvalue weighted by molar-refractivity contribution is 7.09. The standard InChI is InChI=1S/C17H17N3O2S2/c1-12-20-13(10-24-12)6-7-18-17(21)15-4-2-3-5-16(15)22-8-14-9-23-11-19-14/h2-5,9-11H,6-8H2,1H3,(H,18,21). The zero-order valence-corrected chi connectivity index (χ0v) is 14.8. The van der Waals surface area contributed by atoms with E-state index in [1.54, 1.807) is 29.0 Å². The number of nitrogens with zero attached hydrogens (tertiary/aromatic N) is 2. The van der Waals surface area contributed by atoms with Crippen molar-refractivity contribution >= 4 is 28.6 Å². The van der Waals surface area contributed by atoms with Crippen molar-refractivity contribution in [3.8, 4) is 5.75 Å². The predicted octanol–water partition coefficient (Wildman–Crippen LogP) is 3.46. The summed E-state index contributed by atoms with van der Waals surface area (Å²) in [5.41, 5.74) is 4.15. The van der Waals surface area contributed by atoms with E-state index in [1.807, 2.05) is 29.8 Å². The summed E-state index contributed by atoms with van der Waals surface area (Å²) in [6, 6.07) is 7.24. The molecule has 0 spiro atoms. The van der Waals surface area contributed by atoms with Gasteiger partial charge in [0.2, 0.25) is 0 Å². The van der Waals surface area contributed by atoms with Crippen LogP contribution in [0.15, 0.2) is 40.5 Å². The van der Waals surface area contributed by atoms with Gasteiger partial charge < -0.3 is 10.1 Å². The minimum Gasteiger partial charge on any atom is -0.486 e. The molecule has 1 amide bonds. The molecule has 3 rings (SSSR count). The Morgan fingerprint density at radius 3 is 2.88 bits per heavy atom. The van der Waals surface area contributed by atoms with E-state index in [-0.39, 0.29) is 5.91 Å². The second-order valence-corrected chi connectivity index (χ2v) is 6.91. The zero-order chi connectivity index (χ0) is 16.8. The fourth-order valence-electron chi connectivity index (χ4n) is 2.16. The van der Waals surface area contributed by atoms with Gasteiger partial charge in [-0.1, -0.05) is 12.1 Å². The number of hydrogen-bond acceptors (Lipinski definition) is 6. The number of thiazole rings is 2. The molecule has 5 nitrogen and oxygen atoms in total. The van der Waals surface area contributed by atoms with E-state index >= 15 is 0 Å². The molecule has 1 N–H and O–H groups in total. The van der Waals surface area contributed by atoms with Crippen LogP contribution in [0, 0.1) is 6.92 Å². The molecule has 0 unspecified atom stereocenters. The number of para-hydroxylation sites is 1. The van der Waals surface area contributed by atoms with Gasteiger partial charge in [0.1, 0.15) is 12.4 Å². The van der Waals surface area contributed by atoms with Crippen molar-refractivity contribution in [2.45, 2.75) is 20.0 Å². The van der Waals surface area contributed by atoms with Gasteiger partial charge in [0.25, 0.3) is 5.91 Å². The maximum atomic E-state index is 12.4. The third-order valence-corrected chi connectivity index (χ3v) is 4.78. The predicted molar refractivity (Wildman–Crippen MR) is 95.8 cm³/mol. The monoisotopic (exact) mass is 359 g/mol. The minimum atomic E-state index is -0.143. The summed E-state index contributed by atoms with van der Waals surface area (Å²) < 4.78 is 5.74. The van der Waals surface area contributed by atoms with Crippen LogP contribution in [0.3, 0.4) is 0 Å². The van der Waals surface area contributed by atoms with Gasteiger partial charge in [-0.25, -0.2) is 9.97 Å². The topological polar surface area (TPSA) is 64.1 Å². The molecule has 2 aromatic heterocycles. The van der Waals surface area contributed by atoms with Crippen LogP contribution in [0.1, 0.15) is 26.8 Å². The summed E-state index contributed by atoms with van der Waals surface area (Å²) >= 11 is 3.14. The maximum absolute atomic E-state index is 12.4. The number of carbonyl (C=O) groups is 1. The quantitative estimate of drug-likeness (QED) is 0.702. The first kappa shape index (κ1) is 16.6. The number of aryl methyl sites for hydroxylation is 1. The van der Waals surface area contributed by atoms with Crippen molar-refractivity contribution in [1.82, 2.24) is 15.3 Å². The Balaban J connectivity index is 1.57. The number of ether oxygens (including phenoxy) is 1. The van der Waals surface area contributed by atoms with Crippen LogP contribution in [0.4, 0.5) is 0 Å². The first-order valence-corrected chi connectivity index (χ1v) is 9.32. The summed E-state index contributed by atoms with van der Waals surface area (Å²) in [4.78, 5) is 21.0. The molecule has 0 fully saturated rings. The number of carbonyl (C=O) groups excluding carboxylic acids is 1.